The molecule has 0 bridgehead atoms. The third-order valence-electron chi connectivity index (χ3n) is 3.06. The zero-order valence-electron chi connectivity index (χ0n) is 9.70. The number of esters is 2. The first-order chi connectivity index (χ1) is 6.91. The van der Waals surface area contributed by atoms with Gasteiger partial charge in [-0.3, -0.25) is 9.59 Å². The van der Waals surface area contributed by atoms with Crippen LogP contribution in [0.1, 0.15) is 27.7 Å². The number of ether oxygens (including phenoxy) is 2. The predicted molar refractivity (Wildman–Crippen MR) is 54.0 cm³/mol. The fourth-order valence-electron chi connectivity index (χ4n) is 1.96. The van der Waals surface area contributed by atoms with Gasteiger partial charge in [-0.05, 0) is 12.3 Å². The predicted octanol–water partition coefficient (Wildman–Crippen LogP) is 1.38. The summed E-state index contributed by atoms with van der Waals surface area (Å²) in [6, 6.07) is 0. The lowest BCUT2D eigenvalue weighted by atomic mass is 10.1. The van der Waals surface area contributed by atoms with E-state index < -0.39 is 0 Å². The van der Waals surface area contributed by atoms with Gasteiger partial charge in [0, 0.05) is 12.8 Å². The average molecular weight is 214 g/mol. The third kappa shape index (κ3) is 2.49. The lowest BCUT2D eigenvalue weighted by Crippen LogP contribution is -2.11. The summed E-state index contributed by atoms with van der Waals surface area (Å²) < 4.78 is 9.87. The number of hydrogen-bond donors (Lipinski definition) is 0. The SMILES string of the molecule is CCOC(=O)[C@@H]1[C@H](COC(C)=O)C1(C)C. The molecule has 0 radical (unpaired) electrons. The molecule has 0 unspecified atom stereocenters. The van der Waals surface area contributed by atoms with Crippen molar-refractivity contribution in [2.75, 3.05) is 13.2 Å². The van der Waals surface area contributed by atoms with Crippen molar-refractivity contribution in [1.82, 2.24) is 0 Å². The van der Waals surface area contributed by atoms with Crippen LogP contribution in [-0.4, -0.2) is 25.2 Å². The summed E-state index contributed by atoms with van der Waals surface area (Å²) >= 11 is 0. The van der Waals surface area contributed by atoms with Crippen LogP contribution in [0.4, 0.5) is 0 Å². The molecule has 1 fully saturated rings. The van der Waals surface area contributed by atoms with Crippen LogP contribution in [0.5, 0.6) is 0 Å². The molecular weight excluding hydrogens is 196 g/mol. The first-order valence-corrected chi connectivity index (χ1v) is 5.21. The van der Waals surface area contributed by atoms with E-state index in [1.807, 2.05) is 13.8 Å². The van der Waals surface area contributed by atoms with Crippen LogP contribution in [-0.2, 0) is 19.1 Å². The van der Waals surface area contributed by atoms with E-state index in [-0.39, 0.29) is 29.2 Å². The van der Waals surface area contributed by atoms with Crippen molar-refractivity contribution in [2.24, 2.45) is 17.3 Å². The van der Waals surface area contributed by atoms with E-state index in [9.17, 15) is 9.59 Å². The van der Waals surface area contributed by atoms with Crippen LogP contribution in [0, 0.1) is 17.3 Å². The summed E-state index contributed by atoms with van der Waals surface area (Å²) in [5.41, 5.74) is -0.109. The smallest absolute Gasteiger partial charge is 0.309 e. The molecule has 0 N–H and O–H groups in total. The molecule has 0 aromatic heterocycles. The van der Waals surface area contributed by atoms with Gasteiger partial charge in [0.2, 0.25) is 0 Å². The van der Waals surface area contributed by atoms with Gasteiger partial charge in [0.25, 0.3) is 0 Å². The highest BCUT2D eigenvalue weighted by Crippen LogP contribution is 2.58. The Balaban J connectivity index is 2.47. The fourth-order valence-corrected chi connectivity index (χ4v) is 1.96. The molecule has 86 valence electrons. The third-order valence-corrected chi connectivity index (χ3v) is 3.06. The highest BCUT2D eigenvalue weighted by atomic mass is 16.5. The molecule has 4 heteroatoms. The molecule has 15 heavy (non-hydrogen) atoms. The summed E-state index contributed by atoms with van der Waals surface area (Å²) in [6.07, 6.45) is 0. The van der Waals surface area contributed by atoms with Crippen molar-refractivity contribution in [3.8, 4) is 0 Å². The maximum absolute atomic E-state index is 11.5. The minimum absolute atomic E-state index is 0.0976. The Kier molecular flexibility index (Phi) is 3.37. The molecule has 0 saturated heterocycles. The van der Waals surface area contributed by atoms with Crippen molar-refractivity contribution in [1.29, 1.82) is 0 Å². The van der Waals surface area contributed by atoms with Gasteiger partial charge in [-0.25, -0.2) is 0 Å². The lowest BCUT2D eigenvalue weighted by molar-refractivity contribution is -0.147. The zero-order chi connectivity index (χ0) is 11.6. The Morgan fingerprint density at radius 3 is 2.33 bits per heavy atom. The standard InChI is InChI=1S/C11H18O4/c1-5-14-10(13)9-8(11(9,3)4)6-15-7(2)12/h8-9H,5-6H2,1-4H3/t8-,9-/m0/s1. The molecule has 1 rings (SSSR count). The van der Waals surface area contributed by atoms with Gasteiger partial charge in [-0.2, -0.15) is 0 Å². The zero-order valence-corrected chi connectivity index (χ0v) is 9.70. The maximum Gasteiger partial charge on any atom is 0.309 e. The van der Waals surface area contributed by atoms with Crippen LogP contribution < -0.4 is 0 Å². The summed E-state index contributed by atoms with van der Waals surface area (Å²) in [5, 5.41) is 0. The number of rotatable bonds is 4. The lowest BCUT2D eigenvalue weighted by Gasteiger charge is -2.02. The Morgan fingerprint density at radius 1 is 1.27 bits per heavy atom. The Bertz CT molecular complexity index is 270. The van der Waals surface area contributed by atoms with Crippen LogP contribution in [0.3, 0.4) is 0 Å². The van der Waals surface area contributed by atoms with Gasteiger partial charge < -0.3 is 9.47 Å². The molecule has 0 aliphatic heterocycles. The Hall–Kier alpha value is -1.06. The van der Waals surface area contributed by atoms with Crippen LogP contribution in [0.15, 0.2) is 0 Å². The van der Waals surface area contributed by atoms with E-state index in [2.05, 4.69) is 0 Å². The molecule has 1 saturated carbocycles. The van der Waals surface area contributed by atoms with Crippen molar-refractivity contribution in [2.45, 2.75) is 27.7 Å². The largest absolute Gasteiger partial charge is 0.466 e. The van der Waals surface area contributed by atoms with Crippen molar-refractivity contribution in [3.63, 3.8) is 0 Å². The van der Waals surface area contributed by atoms with Gasteiger partial charge >= 0.3 is 11.9 Å². The topological polar surface area (TPSA) is 52.6 Å². The second kappa shape index (κ2) is 4.21. The minimum atomic E-state index is -0.305. The first-order valence-electron chi connectivity index (χ1n) is 5.21. The van der Waals surface area contributed by atoms with E-state index in [0.717, 1.165) is 0 Å². The van der Waals surface area contributed by atoms with Crippen LogP contribution in [0.25, 0.3) is 0 Å². The molecule has 0 aromatic rings. The fraction of sp³-hybridized carbons (Fsp3) is 0.818. The monoisotopic (exact) mass is 214 g/mol. The van der Waals surface area contributed by atoms with E-state index in [1.165, 1.54) is 6.92 Å². The molecule has 4 nitrogen and oxygen atoms in total. The number of carbonyl (C=O) groups is 2. The maximum atomic E-state index is 11.5. The second-order valence-corrected chi connectivity index (χ2v) is 4.46. The summed E-state index contributed by atoms with van der Waals surface area (Å²) in [7, 11) is 0. The van der Waals surface area contributed by atoms with Crippen LogP contribution in [0.2, 0.25) is 0 Å². The minimum Gasteiger partial charge on any atom is -0.466 e. The van der Waals surface area contributed by atoms with Crippen LogP contribution >= 0.6 is 0 Å². The first kappa shape index (κ1) is 12.0. The van der Waals surface area contributed by atoms with Crippen molar-refractivity contribution in [3.05, 3.63) is 0 Å². The van der Waals surface area contributed by atoms with Gasteiger partial charge in [0.1, 0.15) is 0 Å². The summed E-state index contributed by atoms with van der Waals surface area (Å²) in [4.78, 5) is 22.2. The molecule has 1 aliphatic carbocycles. The van der Waals surface area contributed by atoms with E-state index in [1.54, 1.807) is 6.92 Å². The number of hydrogen-bond acceptors (Lipinski definition) is 4. The molecule has 0 spiro atoms. The summed E-state index contributed by atoms with van der Waals surface area (Å²) in [6.45, 7) is 7.84. The number of carbonyl (C=O) groups excluding carboxylic acids is 2. The Labute approximate surface area is 89.9 Å². The van der Waals surface area contributed by atoms with Crippen molar-refractivity contribution >= 4 is 11.9 Å². The Morgan fingerprint density at radius 2 is 1.87 bits per heavy atom. The summed E-state index contributed by atoms with van der Waals surface area (Å²) in [5.74, 6) is -0.516. The normalized spacial score (nSPS) is 26.9. The van der Waals surface area contributed by atoms with Gasteiger partial charge in [0.05, 0.1) is 19.1 Å². The van der Waals surface area contributed by atoms with Gasteiger partial charge in [-0.1, -0.05) is 13.8 Å². The molecule has 1 aliphatic rings. The molecule has 2 atom stereocenters. The van der Waals surface area contributed by atoms with E-state index in [4.69, 9.17) is 9.47 Å². The average Bonchev–Trinajstić information content (AvgIpc) is 2.65. The molecule has 0 amide bonds. The highest BCUT2D eigenvalue weighted by Gasteiger charge is 2.63. The van der Waals surface area contributed by atoms with E-state index >= 15 is 0 Å². The van der Waals surface area contributed by atoms with E-state index in [0.29, 0.717) is 13.2 Å². The quantitative estimate of drug-likeness (QED) is 0.663. The molecule has 0 heterocycles. The highest BCUT2D eigenvalue weighted by molar-refractivity contribution is 5.77. The van der Waals surface area contributed by atoms with Gasteiger partial charge in [-0.15, -0.1) is 0 Å². The van der Waals surface area contributed by atoms with Crippen molar-refractivity contribution < 1.29 is 19.1 Å². The molecule has 0 aromatic carbocycles. The second-order valence-electron chi connectivity index (χ2n) is 4.46. The van der Waals surface area contributed by atoms with Gasteiger partial charge in [0.15, 0.2) is 0 Å². The molecular formula is C11H18O4.